The minimum atomic E-state index is 0.0513. The predicted molar refractivity (Wildman–Crippen MR) is 114 cm³/mol. The lowest BCUT2D eigenvalue weighted by atomic mass is 9.55. The third-order valence-electron chi connectivity index (χ3n) is 9.13. The second kappa shape index (κ2) is 7.63. The number of ether oxygens (including phenoxy) is 1. The Labute approximate surface area is 175 Å². The second-order valence-corrected chi connectivity index (χ2v) is 10.6. The largest absolute Gasteiger partial charge is 0.508 e. The van der Waals surface area contributed by atoms with Crippen LogP contribution in [0.3, 0.4) is 0 Å². The molecule has 1 N–H and O–H groups in total. The molecule has 0 aromatic heterocycles. The van der Waals surface area contributed by atoms with Crippen LogP contribution < -0.4 is 0 Å². The Hall–Kier alpha value is -1.51. The molecule has 0 aliphatic heterocycles. The molecule has 158 valence electrons. The first-order chi connectivity index (χ1) is 14.0. The number of hydrogen-bond acceptors (Lipinski definition) is 3. The van der Waals surface area contributed by atoms with E-state index in [4.69, 9.17) is 4.74 Å². The number of carbonyl (C=O) groups is 1. The fourth-order valence-corrected chi connectivity index (χ4v) is 7.55. The number of phenols is 1. The van der Waals surface area contributed by atoms with Gasteiger partial charge in [0.25, 0.3) is 0 Å². The minimum absolute atomic E-state index is 0.0513. The summed E-state index contributed by atoms with van der Waals surface area (Å²) in [5.41, 5.74) is 2.97. The average Bonchev–Trinajstić information content (AvgIpc) is 3.34. The van der Waals surface area contributed by atoms with E-state index in [1.165, 1.54) is 56.1 Å². The topological polar surface area (TPSA) is 46.5 Å². The molecule has 3 heteroatoms. The Morgan fingerprint density at radius 1 is 1.14 bits per heavy atom. The third kappa shape index (κ3) is 3.49. The van der Waals surface area contributed by atoms with Gasteiger partial charge in [-0.25, -0.2) is 0 Å². The molecule has 5 atom stereocenters. The maximum Gasteiger partial charge on any atom is 0.306 e. The summed E-state index contributed by atoms with van der Waals surface area (Å²) in [5, 5.41) is 9.86. The standard InChI is InChI=1S/C26H36O3/c1-26-15-14-21-20-10-8-19(27)16-18(20)7-9-22(21)23(26)11-12-24(26)29-25(28)13-6-17-4-2-3-5-17/h8,10,16-17,21-24,27H,2-7,9,11-15H2,1H3/t21-,22-,23+,24-,26+/m0/s1. The molecule has 0 radical (unpaired) electrons. The molecule has 0 amide bonds. The van der Waals surface area contributed by atoms with Crippen LogP contribution in [0.2, 0.25) is 0 Å². The first-order valence-corrected chi connectivity index (χ1v) is 12.1. The van der Waals surface area contributed by atoms with E-state index in [-0.39, 0.29) is 17.5 Å². The molecule has 0 bridgehead atoms. The van der Waals surface area contributed by atoms with Gasteiger partial charge < -0.3 is 9.84 Å². The molecule has 4 aliphatic carbocycles. The van der Waals surface area contributed by atoms with Crippen LogP contribution >= 0.6 is 0 Å². The number of benzene rings is 1. The van der Waals surface area contributed by atoms with E-state index in [1.54, 1.807) is 0 Å². The normalized spacial score (nSPS) is 36.3. The molecule has 3 saturated carbocycles. The number of aromatic hydroxyl groups is 1. The first-order valence-electron chi connectivity index (χ1n) is 12.1. The highest BCUT2D eigenvalue weighted by molar-refractivity contribution is 5.69. The SMILES string of the molecule is C[C@@]12CC[C@H]3c4ccc(O)cc4CC[C@@H]3[C@H]1CC[C@@H]2OC(=O)CCC1CCCC1. The summed E-state index contributed by atoms with van der Waals surface area (Å²) in [6.45, 7) is 2.40. The highest BCUT2D eigenvalue weighted by Gasteiger charge is 2.56. The third-order valence-corrected chi connectivity index (χ3v) is 9.13. The van der Waals surface area contributed by atoms with Crippen LogP contribution in [0.1, 0.15) is 94.6 Å². The van der Waals surface area contributed by atoms with Crippen LogP contribution in [0.4, 0.5) is 0 Å². The van der Waals surface area contributed by atoms with E-state index in [0.29, 0.717) is 29.9 Å². The Bertz CT molecular complexity index is 765. The molecule has 0 heterocycles. The van der Waals surface area contributed by atoms with Crippen LogP contribution in [0, 0.1) is 23.2 Å². The zero-order valence-corrected chi connectivity index (χ0v) is 17.9. The lowest BCUT2D eigenvalue weighted by Gasteiger charge is -2.50. The van der Waals surface area contributed by atoms with E-state index in [0.717, 1.165) is 31.6 Å². The number of hydrogen-bond donors (Lipinski definition) is 1. The van der Waals surface area contributed by atoms with Crippen molar-refractivity contribution in [3.8, 4) is 5.75 Å². The van der Waals surface area contributed by atoms with Crippen molar-refractivity contribution in [3.63, 3.8) is 0 Å². The van der Waals surface area contributed by atoms with Gasteiger partial charge in [-0.15, -0.1) is 0 Å². The van der Waals surface area contributed by atoms with Gasteiger partial charge in [0.1, 0.15) is 11.9 Å². The Morgan fingerprint density at radius 2 is 1.97 bits per heavy atom. The smallest absolute Gasteiger partial charge is 0.306 e. The molecule has 0 unspecified atom stereocenters. The summed E-state index contributed by atoms with van der Waals surface area (Å²) in [4.78, 5) is 12.6. The summed E-state index contributed by atoms with van der Waals surface area (Å²) in [6.07, 6.45) is 13.9. The van der Waals surface area contributed by atoms with Crippen LogP contribution in [0.5, 0.6) is 5.75 Å². The van der Waals surface area contributed by atoms with Crippen molar-refractivity contribution in [2.75, 3.05) is 0 Å². The predicted octanol–water partition coefficient (Wildman–Crippen LogP) is 6.13. The number of fused-ring (bicyclic) bond motifs is 5. The number of phenolic OH excluding ortho intramolecular Hbond substituents is 1. The summed E-state index contributed by atoms with van der Waals surface area (Å²) in [7, 11) is 0. The fraction of sp³-hybridized carbons (Fsp3) is 0.731. The van der Waals surface area contributed by atoms with Gasteiger partial charge in [-0.2, -0.15) is 0 Å². The van der Waals surface area contributed by atoms with Gasteiger partial charge >= 0.3 is 5.97 Å². The number of aryl methyl sites for hydroxylation is 1. The van der Waals surface area contributed by atoms with Crippen molar-refractivity contribution in [2.24, 2.45) is 23.2 Å². The Kier molecular flexibility index (Phi) is 5.12. The molecule has 0 spiro atoms. The number of esters is 1. The van der Waals surface area contributed by atoms with Crippen molar-refractivity contribution < 1.29 is 14.6 Å². The molecule has 0 saturated heterocycles. The molecule has 5 rings (SSSR count). The molecule has 3 fully saturated rings. The molecule has 1 aromatic rings. The molecule has 1 aromatic carbocycles. The zero-order valence-electron chi connectivity index (χ0n) is 17.9. The first kappa shape index (κ1) is 19.5. The maximum atomic E-state index is 12.6. The van der Waals surface area contributed by atoms with E-state index in [1.807, 2.05) is 12.1 Å². The summed E-state index contributed by atoms with van der Waals surface area (Å²) < 4.78 is 6.14. The highest BCUT2D eigenvalue weighted by Crippen LogP contribution is 2.61. The molecular weight excluding hydrogens is 360 g/mol. The van der Waals surface area contributed by atoms with Crippen LogP contribution in [-0.2, 0) is 16.0 Å². The Balaban J connectivity index is 1.25. The van der Waals surface area contributed by atoms with Gasteiger partial charge in [0.15, 0.2) is 0 Å². The van der Waals surface area contributed by atoms with Gasteiger partial charge in [0.05, 0.1) is 0 Å². The second-order valence-electron chi connectivity index (χ2n) is 10.6. The van der Waals surface area contributed by atoms with E-state index < -0.39 is 0 Å². The highest BCUT2D eigenvalue weighted by atomic mass is 16.5. The van der Waals surface area contributed by atoms with E-state index in [9.17, 15) is 9.90 Å². The van der Waals surface area contributed by atoms with Gasteiger partial charge in [-0.1, -0.05) is 38.7 Å². The zero-order chi connectivity index (χ0) is 20.0. The summed E-state index contributed by atoms with van der Waals surface area (Å²) >= 11 is 0. The molecule has 4 aliphatic rings. The Morgan fingerprint density at radius 3 is 2.79 bits per heavy atom. The van der Waals surface area contributed by atoms with Gasteiger partial charge in [-0.3, -0.25) is 4.79 Å². The lowest BCUT2D eigenvalue weighted by molar-refractivity contribution is -0.157. The van der Waals surface area contributed by atoms with Crippen molar-refractivity contribution >= 4 is 5.97 Å². The van der Waals surface area contributed by atoms with Gasteiger partial charge in [-0.05, 0) is 91.9 Å². The van der Waals surface area contributed by atoms with Crippen LogP contribution in [0.15, 0.2) is 18.2 Å². The van der Waals surface area contributed by atoms with Crippen LogP contribution in [0.25, 0.3) is 0 Å². The summed E-state index contributed by atoms with van der Waals surface area (Å²) in [6, 6.07) is 6.00. The summed E-state index contributed by atoms with van der Waals surface area (Å²) in [5.74, 6) is 3.19. The van der Waals surface area contributed by atoms with Crippen LogP contribution in [-0.4, -0.2) is 17.2 Å². The average molecular weight is 397 g/mol. The number of rotatable bonds is 4. The molecular formula is C26H36O3. The van der Waals surface area contributed by atoms with Crippen molar-refractivity contribution in [1.82, 2.24) is 0 Å². The monoisotopic (exact) mass is 396 g/mol. The quantitative estimate of drug-likeness (QED) is 0.623. The van der Waals surface area contributed by atoms with Crippen molar-refractivity contribution in [2.45, 2.75) is 96.0 Å². The number of carbonyl (C=O) groups excluding carboxylic acids is 1. The van der Waals surface area contributed by atoms with Crippen molar-refractivity contribution in [3.05, 3.63) is 29.3 Å². The minimum Gasteiger partial charge on any atom is -0.508 e. The molecule has 29 heavy (non-hydrogen) atoms. The fourth-order valence-electron chi connectivity index (χ4n) is 7.55. The molecule has 3 nitrogen and oxygen atoms in total. The lowest BCUT2D eigenvalue weighted by Crippen LogP contribution is -2.45. The van der Waals surface area contributed by atoms with Gasteiger partial charge in [0.2, 0.25) is 0 Å². The van der Waals surface area contributed by atoms with E-state index in [2.05, 4.69) is 13.0 Å². The van der Waals surface area contributed by atoms with E-state index >= 15 is 0 Å². The maximum absolute atomic E-state index is 12.6. The van der Waals surface area contributed by atoms with Crippen molar-refractivity contribution in [1.29, 1.82) is 0 Å². The van der Waals surface area contributed by atoms with Gasteiger partial charge in [0, 0.05) is 11.8 Å².